The van der Waals surface area contributed by atoms with E-state index < -0.39 is 5.97 Å². The van der Waals surface area contributed by atoms with Crippen LogP contribution >= 0.6 is 23.2 Å². The first-order valence-corrected chi connectivity index (χ1v) is 8.88. The van der Waals surface area contributed by atoms with Crippen LogP contribution in [-0.2, 0) is 4.79 Å². The van der Waals surface area contributed by atoms with Crippen LogP contribution in [0.25, 0.3) is 0 Å². The van der Waals surface area contributed by atoms with E-state index in [9.17, 15) is 14.3 Å². The summed E-state index contributed by atoms with van der Waals surface area (Å²) in [6, 6.07) is 11.7. The number of rotatable bonds is 4. The van der Waals surface area contributed by atoms with E-state index in [0.29, 0.717) is 36.0 Å². The number of benzene rings is 2. The van der Waals surface area contributed by atoms with E-state index in [1.54, 1.807) is 18.2 Å². The molecule has 25 heavy (non-hydrogen) atoms. The molecule has 1 unspecified atom stereocenters. The van der Waals surface area contributed by atoms with Gasteiger partial charge in [-0.3, -0.25) is 9.69 Å². The lowest BCUT2D eigenvalue weighted by Gasteiger charge is -2.37. The average molecular weight is 382 g/mol. The van der Waals surface area contributed by atoms with E-state index in [0.717, 1.165) is 11.1 Å². The number of likely N-dealkylation sites (tertiary alicyclic amines) is 1. The van der Waals surface area contributed by atoms with Gasteiger partial charge in [0.05, 0.1) is 22.0 Å². The maximum absolute atomic E-state index is 13.8. The standard InChI is InChI=1S/C19H18Cl2FNO2/c20-16-5-4-14(11-17(16)21)18(13-2-1-3-15(22)10-13)23-8-6-12(7-9-23)19(24)25/h1-5,10-12,18H,6-9H2,(H,24,25). The third-order valence-corrected chi connectivity index (χ3v) is 5.41. The van der Waals surface area contributed by atoms with Gasteiger partial charge in [-0.05, 0) is 61.3 Å². The average Bonchev–Trinajstić information content (AvgIpc) is 2.59. The Morgan fingerprint density at radius 3 is 2.36 bits per heavy atom. The summed E-state index contributed by atoms with van der Waals surface area (Å²) < 4.78 is 13.8. The summed E-state index contributed by atoms with van der Waals surface area (Å²) in [6.45, 7) is 1.25. The Kier molecular flexibility index (Phi) is 5.62. The van der Waals surface area contributed by atoms with Crippen molar-refractivity contribution in [3.63, 3.8) is 0 Å². The molecule has 2 aromatic rings. The number of carboxylic acids is 1. The summed E-state index contributed by atoms with van der Waals surface area (Å²) in [5.41, 5.74) is 1.72. The smallest absolute Gasteiger partial charge is 0.306 e. The van der Waals surface area contributed by atoms with Crippen LogP contribution in [0.4, 0.5) is 4.39 Å². The Bertz CT molecular complexity index is 776. The van der Waals surface area contributed by atoms with Crippen molar-refractivity contribution in [2.24, 2.45) is 5.92 Å². The number of nitrogens with zero attached hydrogens (tertiary/aromatic N) is 1. The second-order valence-corrected chi connectivity index (χ2v) is 7.09. The highest BCUT2D eigenvalue weighted by molar-refractivity contribution is 6.42. The molecular weight excluding hydrogens is 364 g/mol. The van der Waals surface area contributed by atoms with Crippen molar-refractivity contribution >= 4 is 29.2 Å². The van der Waals surface area contributed by atoms with E-state index in [2.05, 4.69) is 4.90 Å². The zero-order valence-corrected chi connectivity index (χ0v) is 15.0. The summed E-state index contributed by atoms with van der Waals surface area (Å²) >= 11 is 12.2. The van der Waals surface area contributed by atoms with E-state index in [1.807, 2.05) is 12.1 Å². The van der Waals surface area contributed by atoms with Crippen LogP contribution in [0.5, 0.6) is 0 Å². The molecule has 0 bridgehead atoms. The van der Waals surface area contributed by atoms with E-state index in [4.69, 9.17) is 23.2 Å². The molecule has 0 amide bonds. The molecule has 1 heterocycles. The summed E-state index contributed by atoms with van der Waals surface area (Å²) in [4.78, 5) is 13.4. The largest absolute Gasteiger partial charge is 0.481 e. The highest BCUT2D eigenvalue weighted by Crippen LogP contribution is 2.35. The van der Waals surface area contributed by atoms with Crippen molar-refractivity contribution in [1.29, 1.82) is 0 Å². The van der Waals surface area contributed by atoms with Gasteiger partial charge in [-0.1, -0.05) is 41.4 Å². The fraction of sp³-hybridized carbons (Fsp3) is 0.316. The number of aliphatic carboxylic acids is 1. The number of hydrogen-bond acceptors (Lipinski definition) is 2. The molecule has 1 atom stereocenters. The zero-order chi connectivity index (χ0) is 18.0. The van der Waals surface area contributed by atoms with Gasteiger partial charge in [0.2, 0.25) is 0 Å². The molecule has 1 fully saturated rings. The van der Waals surface area contributed by atoms with Gasteiger partial charge in [0.15, 0.2) is 0 Å². The molecule has 0 radical (unpaired) electrons. The van der Waals surface area contributed by atoms with Gasteiger partial charge in [-0.15, -0.1) is 0 Å². The normalized spacial score (nSPS) is 17.4. The van der Waals surface area contributed by atoms with Crippen LogP contribution in [0, 0.1) is 11.7 Å². The van der Waals surface area contributed by atoms with E-state index >= 15 is 0 Å². The third-order valence-electron chi connectivity index (χ3n) is 4.67. The van der Waals surface area contributed by atoms with Gasteiger partial charge in [0.1, 0.15) is 5.82 Å². The molecule has 0 saturated carbocycles. The Hall–Kier alpha value is -1.62. The van der Waals surface area contributed by atoms with Crippen LogP contribution in [0.15, 0.2) is 42.5 Å². The maximum atomic E-state index is 13.8. The molecule has 0 aromatic heterocycles. The van der Waals surface area contributed by atoms with Crippen molar-refractivity contribution in [2.75, 3.05) is 13.1 Å². The first kappa shape index (κ1) is 18.2. The number of carbonyl (C=O) groups is 1. The topological polar surface area (TPSA) is 40.5 Å². The van der Waals surface area contributed by atoms with Crippen LogP contribution in [0.1, 0.15) is 30.0 Å². The molecule has 0 spiro atoms. The first-order valence-electron chi connectivity index (χ1n) is 8.13. The van der Waals surface area contributed by atoms with Gasteiger partial charge in [0, 0.05) is 0 Å². The summed E-state index contributed by atoms with van der Waals surface area (Å²) in [5.74, 6) is -1.38. The first-order chi connectivity index (χ1) is 12.0. The lowest BCUT2D eigenvalue weighted by atomic mass is 9.91. The number of hydrogen-bond donors (Lipinski definition) is 1. The molecule has 132 valence electrons. The fourth-order valence-electron chi connectivity index (χ4n) is 3.38. The molecule has 1 aliphatic rings. The Morgan fingerprint density at radius 2 is 1.76 bits per heavy atom. The molecule has 3 rings (SSSR count). The van der Waals surface area contributed by atoms with Crippen molar-refractivity contribution in [3.8, 4) is 0 Å². The highest BCUT2D eigenvalue weighted by atomic mass is 35.5. The van der Waals surface area contributed by atoms with Gasteiger partial charge < -0.3 is 5.11 Å². The number of carboxylic acid groups (broad SMARTS) is 1. The van der Waals surface area contributed by atoms with Crippen LogP contribution in [0.2, 0.25) is 10.0 Å². The highest BCUT2D eigenvalue weighted by Gasteiger charge is 2.30. The van der Waals surface area contributed by atoms with Crippen LogP contribution in [0.3, 0.4) is 0 Å². The van der Waals surface area contributed by atoms with Crippen molar-refractivity contribution < 1.29 is 14.3 Å². The molecule has 1 N–H and O–H groups in total. The predicted molar refractivity (Wildman–Crippen MR) is 96.6 cm³/mol. The molecule has 2 aromatic carbocycles. The van der Waals surface area contributed by atoms with Crippen LogP contribution < -0.4 is 0 Å². The summed E-state index contributed by atoms with van der Waals surface area (Å²) in [7, 11) is 0. The van der Waals surface area contributed by atoms with Gasteiger partial charge >= 0.3 is 5.97 Å². The van der Waals surface area contributed by atoms with Gasteiger partial charge in [-0.25, -0.2) is 4.39 Å². The predicted octanol–water partition coefficient (Wildman–Crippen LogP) is 5.02. The Morgan fingerprint density at radius 1 is 1.08 bits per heavy atom. The van der Waals surface area contributed by atoms with Crippen LogP contribution in [-0.4, -0.2) is 29.1 Å². The minimum Gasteiger partial charge on any atom is -0.481 e. The van der Waals surface area contributed by atoms with Crippen molar-refractivity contribution in [1.82, 2.24) is 4.90 Å². The minimum atomic E-state index is -0.753. The Balaban J connectivity index is 1.95. The second kappa shape index (κ2) is 7.73. The SMILES string of the molecule is O=C(O)C1CCN(C(c2cccc(F)c2)c2ccc(Cl)c(Cl)c2)CC1. The zero-order valence-electron chi connectivity index (χ0n) is 13.5. The lowest BCUT2D eigenvalue weighted by Crippen LogP contribution is -2.39. The number of halogens is 3. The minimum absolute atomic E-state index is 0.194. The fourth-order valence-corrected chi connectivity index (χ4v) is 3.68. The van der Waals surface area contributed by atoms with Gasteiger partial charge in [0.25, 0.3) is 0 Å². The molecule has 6 heteroatoms. The third kappa shape index (κ3) is 4.14. The second-order valence-electron chi connectivity index (χ2n) is 6.28. The monoisotopic (exact) mass is 381 g/mol. The summed E-state index contributed by atoms with van der Waals surface area (Å²) in [5, 5.41) is 10.1. The van der Waals surface area contributed by atoms with Crippen molar-refractivity contribution in [2.45, 2.75) is 18.9 Å². The molecule has 1 saturated heterocycles. The molecule has 0 aliphatic carbocycles. The lowest BCUT2D eigenvalue weighted by molar-refractivity contribution is -0.143. The van der Waals surface area contributed by atoms with E-state index in [-0.39, 0.29) is 17.8 Å². The quantitative estimate of drug-likeness (QED) is 0.808. The molecule has 1 aliphatic heterocycles. The number of piperidine rings is 1. The molecular formula is C19H18Cl2FNO2. The molecule has 3 nitrogen and oxygen atoms in total. The van der Waals surface area contributed by atoms with Gasteiger partial charge in [-0.2, -0.15) is 0 Å². The van der Waals surface area contributed by atoms with Crippen molar-refractivity contribution in [3.05, 3.63) is 69.5 Å². The van der Waals surface area contributed by atoms with E-state index in [1.165, 1.54) is 12.1 Å². The maximum Gasteiger partial charge on any atom is 0.306 e. The summed E-state index contributed by atoms with van der Waals surface area (Å²) in [6.07, 6.45) is 1.14. The Labute approximate surface area is 156 Å².